The number of nitrogens with one attached hydrogen (secondary N) is 1. The minimum atomic E-state index is -2.18. The van der Waals surface area contributed by atoms with Crippen LogP contribution in [-0.4, -0.2) is 303 Å². The van der Waals surface area contributed by atoms with Crippen LogP contribution in [0.5, 0.6) is 0 Å². The monoisotopic (exact) mass is 999 g/mol. The van der Waals surface area contributed by atoms with Crippen LogP contribution in [-0.2, 0) is 56.9 Å². The van der Waals surface area contributed by atoms with Crippen molar-refractivity contribution in [3.8, 4) is 0 Å². The van der Waals surface area contributed by atoms with Crippen LogP contribution in [0.4, 0.5) is 0 Å². The fraction of sp³-hybridized carbons (Fsp3) is 0.974. The third kappa shape index (κ3) is 11.4. The summed E-state index contributed by atoms with van der Waals surface area (Å²) in [5.74, 6) is -0.882. The highest BCUT2D eigenvalue weighted by molar-refractivity contribution is 5.73. The number of aliphatic hydroxyl groups excluding tert-OH is 17. The van der Waals surface area contributed by atoms with Crippen LogP contribution in [0.1, 0.15) is 20.8 Å². The molecule has 0 aromatic carbocycles. The molecule has 0 bridgehead atoms. The molecular formula is C38H65NO29. The summed E-state index contributed by atoms with van der Waals surface area (Å²) in [5, 5.41) is 184. The van der Waals surface area contributed by atoms with Gasteiger partial charge in [0.2, 0.25) is 5.91 Å². The molecule has 0 aromatic rings. The van der Waals surface area contributed by atoms with Crippen molar-refractivity contribution in [2.45, 2.75) is 205 Å². The summed E-state index contributed by atoms with van der Waals surface area (Å²) in [6, 6.07) is -1.83. The molecule has 30 atom stereocenters. The number of carbonyl (C=O) groups excluding carboxylic acids is 1. The molecule has 6 fully saturated rings. The van der Waals surface area contributed by atoms with Crippen molar-refractivity contribution in [3.63, 3.8) is 0 Å². The molecule has 1 amide bonds. The van der Waals surface area contributed by atoms with Gasteiger partial charge in [-0.1, -0.05) is 0 Å². The molecule has 30 nitrogen and oxygen atoms in total. The number of rotatable bonds is 15. The van der Waals surface area contributed by atoms with E-state index in [1.807, 2.05) is 0 Å². The summed E-state index contributed by atoms with van der Waals surface area (Å²) in [7, 11) is 0. The Morgan fingerprint density at radius 1 is 0.382 bits per heavy atom. The Hall–Kier alpha value is -1.65. The first-order valence-electron chi connectivity index (χ1n) is 21.8. The van der Waals surface area contributed by atoms with Crippen molar-refractivity contribution in [2.75, 3.05) is 26.4 Å². The Morgan fingerprint density at radius 3 is 1.32 bits per heavy atom. The standard InChI is InChI=1S/C38H65NO29/c1-8-16(45)20(49)25(54)35(58-8)66-30-15(39-10(3)44)34(67-31-19(48)12(5-41)61-37(27(31)56)64-28-13(6-42)60-33(57)24(53)23(28)52)63-14(7-43)29(30)65-38-32(22(51)18(47)11(4-40)62-38)68-36-26(55)21(50)17(46)9(2)59-36/h8-9,11-38,40-43,45-57H,4-7H2,1-3H3,(H,39,44)/t8-,9-,11+,12+,13+,14+,15+,16+,17+,18-,19-,20+,21+,22-,23+,24+,25-,26-,27+,28+,29+,30+,31-,32+,33?,34-,35-,36-,37-,38-/m0/s1. The van der Waals surface area contributed by atoms with E-state index in [2.05, 4.69) is 5.32 Å². The van der Waals surface area contributed by atoms with Crippen molar-refractivity contribution in [1.29, 1.82) is 0 Å². The van der Waals surface area contributed by atoms with Crippen LogP contribution < -0.4 is 5.32 Å². The second kappa shape index (κ2) is 23.5. The van der Waals surface area contributed by atoms with Gasteiger partial charge in [0.1, 0.15) is 134 Å². The maximum atomic E-state index is 13.0. The first-order valence-corrected chi connectivity index (χ1v) is 21.8. The molecule has 6 aliphatic rings. The molecule has 6 heterocycles. The molecule has 1 unspecified atom stereocenters. The van der Waals surface area contributed by atoms with E-state index in [9.17, 15) is 91.6 Å². The van der Waals surface area contributed by atoms with Gasteiger partial charge in [0.15, 0.2) is 37.7 Å². The van der Waals surface area contributed by atoms with Crippen molar-refractivity contribution < 1.29 is 144 Å². The molecule has 30 heteroatoms. The lowest BCUT2D eigenvalue weighted by molar-refractivity contribution is -0.401. The summed E-state index contributed by atoms with van der Waals surface area (Å²) in [5.41, 5.74) is 0. The van der Waals surface area contributed by atoms with E-state index in [1.165, 1.54) is 13.8 Å². The lowest BCUT2D eigenvalue weighted by Gasteiger charge is -2.52. The highest BCUT2D eigenvalue weighted by atomic mass is 16.8. The van der Waals surface area contributed by atoms with Crippen LogP contribution >= 0.6 is 0 Å². The minimum absolute atomic E-state index is 0.882. The first kappa shape index (κ1) is 55.7. The van der Waals surface area contributed by atoms with E-state index in [-0.39, 0.29) is 0 Å². The average molecular weight is 1000 g/mol. The maximum Gasteiger partial charge on any atom is 0.217 e. The first-order chi connectivity index (χ1) is 32.1. The Morgan fingerprint density at radius 2 is 0.794 bits per heavy atom. The van der Waals surface area contributed by atoms with E-state index < -0.39 is 217 Å². The molecule has 0 spiro atoms. The molecule has 18 N–H and O–H groups in total. The van der Waals surface area contributed by atoms with Gasteiger partial charge in [0.25, 0.3) is 0 Å². The summed E-state index contributed by atoms with van der Waals surface area (Å²) in [6.07, 6.45) is -53.8. The number of hydrogen-bond donors (Lipinski definition) is 18. The second-order valence-electron chi connectivity index (χ2n) is 17.5. The van der Waals surface area contributed by atoms with Gasteiger partial charge in [-0.2, -0.15) is 0 Å². The predicted molar refractivity (Wildman–Crippen MR) is 208 cm³/mol. The Bertz CT molecular complexity index is 1590. The SMILES string of the molecule is CC(=O)N[C@H]1[C@H](O[C@H]2[C@@H](O)[C@@H](CO)O[C@@H](O[C@H]3[C@H](O)[C@@H](O)C(O)O[C@@H]3CO)[C@@H]2O)O[C@H](CO)[C@@H](O[C@@H]2O[C@H](CO)[C@H](O)[C@H](O)[C@H]2O[C@@H]2O[C@@H](C)[C@@H](O)[C@@H](O)[C@@H]2O)[C@@H]1O[C@@H]1O[C@@H](C)[C@@H](O)[C@@H](O)[C@@H]1O. The molecule has 6 saturated heterocycles. The summed E-state index contributed by atoms with van der Waals surface area (Å²) in [6.45, 7) is -0.339. The van der Waals surface area contributed by atoms with Gasteiger partial charge in [0.05, 0.1) is 38.6 Å². The van der Waals surface area contributed by atoms with Gasteiger partial charge in [0, 0.05) is 6.92 Å². The summed E-state index contributed by atoms with van der Waals surface area (Å²) in [4.78, 5) is 13.0. The third-order valence-corrected chi connectivity index (χ3v) is 12.8. The van der Waals surface area contributed by atoms with Gasteiger partial charge < -0.3 is 144 Å². The molecule has 396 valence electrons. The lowest BCUT2D eigenvalue weighted by atomic mass is 9.93. The molecule has 6 rings (SSSR count). The molecule has 68 heavy (non-hydrogen) atoms. The van der Waals surface area contributed by atoms with Crippen molar-refractivity contribution in [2.24, 2.45) is 0 Å². The van der Waals surface area contributed by atoms with E-state index in [4.69, 9.17) is 52.1 Å². The third-order valence-electron chi connectivity index (χ3n) is 12.8. The second-order valence-corrected chi connectivity index (χ2v) is 17.5. The Kier molecular flexibility index (Phi) is 19.2. The molecule has 0 radical (unpaired) electrons. The number of amides is 1. The van der Waals surface area contributed by atoms with E-state index in [1.54, 1.807) is 0 Å². The van der Waals surface area contributed by atoms with Crippen molar-refractivity contribution in [1.82, 2.24) is 5.32 Å². The number of aliphatic hydroxyl groups is 17. The van der Waals surface area contributed by atoms with Crippen LogP contribution in [0, 0.1) is 0 Å². The van der Waals surface area contributed by atoms with Gasteiger partial charge >= 0.3 is 0 Å². The number of hydrogen-bond acceptors (Lipinski definition) is 29. The average Bonchev–Trinajstić information content (AvgIpc) is 3.31. The molecule has 0 aromatic heterocycles. The molecule has 0 aliphatic carbocycles. The van der Waals surface area contributed by atoms with Crippen LogP contribution in [0.15, 0.2) is 0 Å². The lowest BCUT2D eigenvalue weighted by Crippen LogP contribution is -2.71. The quantitative estimate of drug-likeness (QED) is 0.0724. The zero-order valence-corrected chi connectivity index (χ0v) is 36.7. The smallest absolute Gasteiger partial charge is 0.217 e. The Labute approximate surface area is 386 Å². The Balaban J connectivity index is 1.37. The molecule has 0 saturated carbocycles. The van der Waals surface area contributed by atoms with Gasteiger partial charge in [-0.05, 0) is 13.8 Å². The summed E-state index contributed by atoms with van der Waals surface area (Å²) >= 11 is 0. The number of ether oxygens (including phenoxy) is 11. The van der Waals surface area contributed by atoms with Gasteiger partial charge in [-0.15, -0.1) is 0 Å². The van der Waals surface area contributed by atoms with E-state index in [0.717, 1.165) is 6.92 Å². The van der Waals surface area contributed by atoms with E-state index >= 15 is 0 Å². The predicted octanol–water partition coefficient (Wildman–Crippen LogP) is -11.9. The van der Waals surface area contributed by atoms with Crippen LogP contribution in [0.3, 0.4) is 0 Å². The maximum absolute atomic E-state index is 13.0. The van der Waals surface area contributed by atoms with Crippen molar-refractivity contribution >= 4 is 5.91 Å². The number of carbonyl (C=O) groups is 1. The summed E-state index contributed by atoms with van der Waals surface area (Å²) < 4.78 is 63.9. The highest BCUT2D eigenvalue weighted by Crippen LogP contribution is 2.38. The normalized spacial score (nSPS) is 52.6. The fourth-order valence-corrected chi connectivity index (χ4v) is 8.78. The fourth-order valence-electron chi connectivity index (χ4n) is 8.78. The van der Waals surface area contributed by atoms with Crippen LogP contribution in [0.2, 0.25) is 0 Å². The van der Waals surface area contributed by atoms with Gasteiger partial charge in [-0.3, -0.25) is 4.79 Å². The molecular weight excluding hydrogens is 934 g/mol. The zero-order chi connectivity index (χ0) is 50.2. The zero-order valence-electron chi connectivity index (χ0n) is 36.7. The minimum Gasteiger partial charge on any atom is -0.394 e. The topological polar surface area (TPSA) is 475 Å². The van der Waals surface area contributed by atoms with Gasteiger partial charge in [-0.25, -0.2) is 0 Å². The molecule has 6 aliphatic heterocycles. The van der Waals surface area contributed by atoms with Crippen molar-refractivity contribution in [3.05, 3.63) is 0 Å². The van der Waals surface area contributed by atoms with E-state index in [0.29, 0.717) is 0 Å². The van der Waals surface area contributed by atoms with Crippen LogP contribution in [0.25, 0.3) is 0 Å². The highest BCUT2D eigenvalue weighted by Gasteiger charge is 2.59. The largest absolute Gasteiger partial charge is 0.394 e.